The van der Waals surface area contributed by atoms with Crippen LogP contribution in [0.1, 0.15) is 33.1 Å². The van der Waals surface area contributed by atoms with Gasteiger partial charge in [0.1, 0.15) is 0 Å². The molecule has 0 spiro atoms. The first-order valence-corrected chi connectivity index (χ1v) is 4.05. The molecule has 0 aliphatic rings. The Kier molecular flexibility index (Phi) is 5.64. The topological polar surface area (TPSA) is 46.2 Å². The second-order valence-electron chi connectivity index (χ2n) is 3.12. The molecule has 2 atom stereocenters. The van der Waals surface area contributed by atoms with Crippen molar-refractivity contribution in [2.75, 3.05) is 6.54 Å². The Morgan fingerprint density at radius 2 is 2.00 bits per heavy atom. The molecule has 0 aromatic heterocycles. The van der Waals surface area contributed by atoms with Gasteiger partial charge in [-0.3, -0.25) is 0 Å². The van der Waals surface area contributed by atoms with Gasteiger partial charge in [0.15, 0.2) is 0 Å². The van der Waals surface area contributed by atoms with Crippen molar-refractivity contribution in [2.24, 2.45) is 11.7 Å². The maximum absolute atomic E-state index is 8.99. The molecule has 3 N–H and O–H groups in total. The molecule has 0 aliphatic carbocycles. The van der Waals surface area contributed by atoms with Gasteiger partial charge in [-0.05, 0) is 38.6 Å². The van der Waals surface area contributed by atoms with Gasteiger partial charge in [-0.15, -0.1) is 0 Å². The van der Waals surface area contributed by atoms with Gasteiger partial charge in [0, 0.05) is 0 Å². The number of aliphatic hydroxyl groups is 1. The van der Waals surface area contributed by atoms with Crippen molar-refractivity contribution in [3.63, 3.8) is 0 Å². The summed E-state index contributed by atoms with van der Waals surface area (Å²) < 4.78 is 0. The molecule has 0 rings (SSSR count). The molecule has 0 bridgehead atoms. The lowest BCUT2D eigenvalue weighted by Crippen LogP contribution is -2.09. The Morgan fingerprint density at radius 1 is 1.40 bits per heavy atom. The fourth-order valence-corrected chi connectivity index (χ4v) is 1.17. The average Bonchev–Trinajstić information content (AvgIpc) is 1.82. The Balaban J connectivity index is 3.16. The summed E-state index contributed by atoms with van der Waals surface area (Å²) in [5.74, 6) is 0.614. The maximum Gasteiger partial charge on any atom is 0.0514 e. The fourth-order valence-electron chi connectivity index (χ4n) is 1.17. The van der Waals surface area contributed by atoms with Crippen molar-refractivity contribution < 1.29 is 5.11 Å². The van der Waals surface area contributed by atoms with Crippen LogP contribution in [0.15, 0.2) is 0 Å². The summed E-state index contributed by atoms with van der Waals surface area (Å²) in [6.07, 6.45) is 2.96. The average molecular weight is 145 g/mol. The van der Waals surface area contributed by atoms with Crippen LogP contribution in [0.2, 0.25) is 0 Å². The standard InChI is InChI=1S/C8H19NO/c1-7(4-3-5-9)6-8(2)10/h7-8,10H,3-6,9H2,1-2H3. The van der Waals surface area contributed by atoms with Gasteiger partial charge in [0.2, 0.25) is 0 Å². The first-order chi connectivity index (χ1) is 4.66. The zero-order valence-electron chi connectivity index (χ0n) is 7.01. The lowest BCUT2D eigenvalue weighted by Gasteiger charge is -2.11. The van der Waals surface area contributed by atoms with Gasteiger partial charge < -0.3 is 10.8 Å². The van der Waals surface area contributed by atoms with Gasteiger partial charge in [0.05, 0.1) is 6.10 Å². The molecule has 0 heterocycles. The molecule has 10 heavy (non-hydrogen) atoms. The van der Waals surface area contributed by atoms with E-state index in [1.165, 1.54) is 0 Å². The van der Waals surface area contributed by atoms with Crippen LogP contribution in [0, 0.1) is 5.92 Å². The molecular formula is C8H19NO. The summed E-state index contributed by atoms with van der Waals surface area (Å²) in [4.78, 5) is 0. The van der Waals surface area contributed by atoms with Gasteiger partial charge >= 0.3 is 0 Å². The van der Waals surface area contributed by atoms with E-state index < -0.39 is 0 Å². The highest BCUT2D eigenvalue weighted by atomic mass is 16.3. The van der Waals surface area contributed by atoms with Crippen molar-refractivity contribution in [2.45, 2.75) is 39.2 Å². The largest absolute Gasteiger partial charge is 0.393 e. The van der Waals surface area contributed by atoms with Gasteiger partial charge in [0.25, 0.3) is 0 Å². The first-order valence-electron chi connectivity index (χ1n) is 4.05. The molecule has 0 aromatic carbocycles. The molecule has 0 aromatic rings. The third kappa shape index (κ3) is 6.05. The predicted molar refractivity (Wildman–Crippen MR) is 43.8 cm³/mol. The molecule has 0 saturated carbocycles. The van der Waals surface area contributed by atoms with Gasteiger partial charge in [-0.2, -0.15) is 0 Å². The SMILES string of the molecule is CC(O)CC(C)CCCN. The Morgan fingerprint density at radius 3 is 2.40 bits per heavy atom. The molecular weight excluding hydrogens is 126 g/mol. The summed E-state index contributed by atoms with van der Waals surface area (Å²) in [5.41, 5.74) is 5.35. The van der Waals surface area contributed by atoms with E-state index in [0.29, 0.717) is 5.92 Å². The van der Waals surface area contributed by atoms with E-state index in [1.54, 1.807) is 0 Å². The van der Waals surface area contributed by atoms with Crippen LogP contribution in [0.5, 0.6) is 0 Å². The smallest absolute Gasteiger partial charge is 0.0514 e. The van der Waals surface area contributed by atoms with Crippen molar-refractivity contribution in [3.8, 4) is 0 Å². The number of hydrogen-bond acceptors (Lipinski definition) is 2. The van der Waals surface area contributed by atoms with E-state index in [2.05, 4.69) is 6.92 Å². The minimum absolute atomic E-state index is 0.159. The van der Waals surface area contributed by atoms with E-state index in [0.717, 1.165) is 25.8 Å². The van der Waals surface area contributed by atoms with E-state index in [4.69, 9.17) is 10.8 Å². The number of nitrogens with two attached hydrogens (primary N) is 1. The molecule has 0 fully saturated rings. The summed E-state index contributed by atoms with van der Waals surface area (Å²) in [7, 11) is 0. The Bertz CT molecular complexity index is 73.7. The molecule has 2 unspecified atom stereocenters. The Labute approximate surface area is 63.4 Å². The van der Waals surface area contributed by atoms with Crippen molar-refractivity contribution in [1.82, 2.24) is 0 Å². The molecule has 0 aliphatic heterocycles. The quantitative estimate of drug-likeness (QED) is 0.609. The molecule has 2 nitrogen and oxygen atoms in total. The molecule has 62 valence electrons. The van der Waals surface area contributed by atoms with Crippen molar-refractivity contribution in [3.05, 3.63) is 0 Å². The minimum Gasteiger partial charge on any atom is -0.393 e. The summed E-state index contributed by atoms with van der Waals surface area (Å²) in [5, 5.41) is 8.99. The lowest BCUT2D eigenvalue weighted by atomic mass is 9.99. The second kappa shape index (κ2) is 5.69. The predicted octanol–water partition coefficient (Wildman–Crippen LogP) is 1.13. The number of aliphatic hydroxyl groups excluding tert-OH is 1. The van der Waals surface area contributed by atoms with Crippen LogP contribution in [0.25, 0.3) is 0 Å². The fraction of sp³-hybridized carbons (Fsp3) is 1.00. The monoisotopic (exact) mass is 145 g/mol. The van der Waals surface area contributed by atoms with Crippen LogP contribution in [-0.2, 0) is 0 Å². The lowest BCUT2D eigenvalue weighted by molar-refractivity contribution is 0.161. The normalized spacial score (nSPS) is 16.8. The molecule has 0 radical (unpaired) electrons. The third-order valence-electron chi connectivity index (χ3n) is 1.64. The van der Waals surface area contributed by atoms with Gasteiger partial charge in [-0.1, -0.05) is 6.92 Å². The summed E-state index contributed by atoms with van der Waals surface area (Å²) in [6, 6.07) is 0. The van der Waals surface area contributed by atoms with Crippen molar-refractivity contribution in [1.29, 1.82) is 0 Å². The Hall–Kier alpha value is -0.0800. The van der Waals surface area contributed by atoms with Crippen LogP contribution < -0.4 is 5.73 Å². The highest BCUT2D eigenvalue weighted by Crippen LogP contribution is 2.11. The highest BCUT2D eigenvalue weighted by Gasteiger charge is 2.04. The van der Waals surface area contributed by atoms with E-state index in [9.17, 15) is 0 Å². The van der Waals surface area contributed by atoms with Crippen LogP contribution >= 0.6 is 0 Å². The van der Waals surface area contributed by atoms with Gasteiger partial charge in [-0.25, -0.2) is 0 Å². The third-order valence-corrected chi connectivity index (χ3v) is 1.64. The van der Waals surface area contributed by atoms with E-state index in [-0.39, 0.29) is 6.10 Å². The minimum atomic E-state index is -0.159. The van der Waals surface area contributed by atoms with Crippen LogP contribution in [-0.4, -0.2) is 17.8 Å². The number of hydrogen-bond donors (Lipinski definition) is 2. The van der Waals surface area contributed by atoms with E-state index in [1.807, 2.05) is 6.92 Å². The highest BCUT2D eigenvalue weighted by molar-refractivity contribution is 4.57. The zero-order valence-corrected chi connectivity index (χ0v) is 7.01. The van der Waals surface area contributed by atoms with E-state index >= 15 is 0 Å². The molecule has 2 heteroatoms. The summed E-state index contributed by atoms with van der Waals surface area (Å²) >= 11 is 0. The maximum atomic E-state index is 8.99. The molecule has 0 saturated heterocycles. The summed E-state index contributed by atoms with van der Waals surface area (Å²) in [6.45, 7) is 4.76. The first kappa shape index (κ1) is 9.92. The van der Waals surface area contributed by atoms with Crippen LogP contribution in [0.4, 0.5) is 0 Å². The zero-order chi connectivity index (χ0) is 7.98. The van der Waals surface area contributed by atoms with Crippen LogP contribution in [0.3, 0.4) is 0 Å². The van der Waals surface area contributed by atoms with Crippen molar-refractivity contribution >= 4 is 0 Å². The number of rotatable bonds is 5. The second-order valence-corrected chi connectivity index (χ2v) is 3.12. The molecule has 0 amide bonds.